The maximum Gasteiger partial charge on any atom is 0.327 e. The van der Waals surface area contributed by atoms with Crippen molar-refractivity contribution in [2.24, 2.45) is 29.0 Å². The van der Waals surface area contributed by atoms with Crippen LogP contribution in [0, 0.1) is 11.8 Å². The Morgan fingerprint density at radius 3 is 1.80 bits per heavy atom. The Kier molecular flexibility index (Phi) is 23.6. The molecular weight excluding hydrogens is 829 g/mol. The number of nitrogens with zero attached hydrogens (tertiary/aromatic N) is 1. The summed E-state index contributed by atoms with van der Waals surface area (Å²) in [6.07, 6.45) is 0.270. The van der Waals surface area contributed by atoms with Gasteiger partial charge in [-0.2, -0.15) is 25.3 Å². The van der Waals surface area contributed by atoms with Crippen LogP contribution in [0.25, 0.3) is 0 Å². The van der Waals surface area contributed by atoms with Crippen LogP contribution < -0.4 is 49.1 Å². The zero-order chi connectivity index (χ0) is 45.9. The number of rotatable bonds is 27. The summed E-state index contributed by atoms with van der Waals surface area (Å²) >= 11 is 7.90. The summed E-state index contributed by atoms with van der Waals surface area (Å²) in [5.41, 5.74) is 16.6. The fourth-order valence-corrected chi connectivity index (χ4v) is 6.55. The SMILES string of the molecule is CC[C@H](C)[C@H](NC(=O)[C@H](CCCCN)NC(=O)[C@@H](N)CS)C(=O)N[C@@H](CC(=O)O)C(=O)N1CCC[C@H]1C(=O)N[C@H](C(=O)N[C@@H](CC(N)=O)C(=O)N[C@@H](CS)C(=O)O)C(C)C. The zero-order valence-electron chi connectivity index (χ0n) is 34.3. The standard InChI is InChI=1S/C36H62N10O12S2/c1-5-18(4)28(45-30(51)20(9-6-7-11-37)40-29(50)19(38)15-59)34(55)42-22(14-26(48)49)35(56)46-12-8-10-24(46)32(53)44-27(17(2)3)33(54)41-21(13-25(39)47)31(52)43-23(16-60)36(57)58/h17-24,27-28,59-60H,5-16,37-38H2,1-4H3,(H2,39,47)(H,40,50)(H,41,54)(H,42,55)(H,43,52)(H,44,53)(H,45,51)(H,48,49)(H,57,58)/t18-,19-,20-,21-,22-,23-,24-,27-,28-/m0/s1. The van der Waals surface area contributed by atoms with Crippen molar-refractivity contribution in [3.8, 4) is 0 Å². The molecule has 14 N–H and O–H groups in total. The number of hydrogen-bond donors (Lipinski definition) is 13. The van der Waals surface area contributed by atoms with E-state index >= 15 is 0 Å². The summed E-state index contributed by atoms with van der Waals surface area (Å²) in [5.74, 6) is -11.4. The van der Waals surface area contributed by atoms with Crippen LogP contribution in [0.1, 0.15) is 79.1 Å². The second kappa shape index (κ2) is 26.5. The van der Waals surface area contributed by atoms with Crippen LogP contribution in [0.4, 0.5) is 0 Å². The van der Waals surface area contributed by atoms with E-state index in [0.717, 1.165) is 4.90 Å². The minimum Gasteiger partial charge on any atom is -0.481 e. The number of nitrogens with two attached hydrogens (primary N) is 3. The number of likely N-dealkylation sites (tertiary alicyclic amines) is 1. The lowest BCUT2D eigenvalue weighted by atomic mass is 9.96. The molecule has 1 saturated heterocycles. The Morgan fingerprint density at radius 1 is 0.717 bits per heavy atom. The number of unbranched alkanes of at least 4 members (excludes halogenated alkanes) is 1. The highest BCUT2D eigenvalue weighted by Gasteiger charge is 2.41. The average Bonchev–Trinajstić information content (AvgIpc) is 3.68. The maximum absolute atomic E-state index is 14.0. The quantitative estimate of drug-likeness (QED) is 0.0280. The summed E-state index contributed by atoms with van der Waals surface area (Å²) < 4.78 is 0. The van der Waals surface area contributed by atoms with Crippen molar-refractivity contribution >= 4 is 84.5 Å². The van der Waals surface area contributed by atoms with Crippen LogP contribution in [0.3, 0.4) is 0 Å². The Morgan fingerprint density at radius 2 is 1.28 bits per heavy atom. The van der Waals surface area contributed by atoms with Gasteiger partial charge in [0.2, 0.25) is 47.3 Å². The molecule has 0 aromatic heterocycles. The van der Waals surface area contributed by atoms with Gasteiger partial charge in [0.1, 0.15) is 42.3 Å². The van der Waals surface area contributed by atoms with Gasteiger partial charge in [-0.1, -0.05) is 34.1 Å². The molecule has 1 aliphatic rings. The van der Waals surface area contributed by atoms with E-state index in [1.807, 2.05) is 0 Å². The van der Waals surface area contributed by atoms with Crippen molar-refractivity contribution in [1.82, 2.24) is 36.8 Å². The topological polar surface area (TPSA) is 365 Å². The van der Waals surface area contributed by atoms with Crippen molar-refractivity contribution in [3.63, 3.8) is 0 Å². The van der Waals surface area contributed by atoms with Crippen LogP contribution in [-0.4, -0.2) is 147 Å². The molecule has 1 heterocycles. The van der Waals surface area contributed by atoms with Gasteiger partial charge in [-0.3, -0.25) is 43.2 Å². The van der Waals surface area contributed by atoms with Gasteiger partial charge < -0.3 is 64.2 Å². The average molecular weight is 891 g/mol. The highest BCUT2D eigenvalue weighted by molar-refractivity contribution is 7.80. The van der Waals surface area contributed by atoms with Gasteiger partial charge in [0.25, 0.3) is 0 Å². The van der Waals surface area contributed by atoms with E-state index in [2.05, 4.69) is 57.2 Å². The molecule has 1 fully saturated rings. The maximum atomic E-state index is 14.0. The molecule has 0 radical (unpaired) electrons. The molecule has 0 saturated carbocycles. The Labute approximate surface area is 359 Å². The number of carbonyl (C=O) groups excluding carboxylic acids is 8. The summed E-state index contributed by atoms with van der Waals surface area (Å²) in [7, 11) is 0. The minimum atomic E-state index is -1.70. The molecule has 0 aromatic rings. The first kappa shape index (κ1) is 53.3. The van der Waals surface area contributed by atoms with E-state index in [-0.39, 0.29) is 37.3 Å². The zero-order valence-corrected chi connectivity index (χ0v) is 36.1. The number of carbonyl (C=O) groups is 10. The van der Waals surface area contributed by atoms with Crippen molar-refractivity contribution in [2.75, 3.05) is 24.6 Å². The molecule has 22 nitrogen and oxygen atoms in total. The number of hydrogen-bond acceptors (Lipinski definition) is 14. The monoisotopic (exact) mass is 890 g/mol. The number of primary amides is 1. The number of thiol groups is 2. The number of carboxylic acid groups (broad SMARTS) is 2. The summed E-state index contributed by atoms with van der Waals surface area (Å²) in [4.78, 5) is 130. The fourth-order valence-electron chi connectivity index (χ4n) is 6.13. The van der Waals surface area contributed by atoms with Gasteiger partial charge in [0.15, 0.2) is 0 Å². The molecule has 60 heavy (non-hydrogen) atoms. The first-order valence-electron chi connectivity index (χ1n) is 19.7. The number of aliphatic carboxylic acids is 2. The van der Waals surface area contributed by atoms with E-state index in [0.29, 0.717) is 25.8 Å². The van der Waals surface area contributed by atoms with E-state index in [4.69, 9.17) is 17.2 Å². The molecule has 1 rings (SSSR count). The molecular formula is C36H62N10O12S2. The molecule has 0 spiro atoms. The normalized spacial score (nSPS) is 17.7. The molecule has 0 bridgehead atoms. The summed E-state index contributed by atoms with van der Waals surface area (Å²) in [5, 5.41) is 33.7. The van der Waals surface area contributed by atoms with Gasteiger partial charge in [-0.05, 0) is 50.5 Å². The minimum absolute atomic E-state index is 0.00106. The first-order valence-corrected chi connectivity index (χ1v) is 20.9. The Bertz CT molecular complexity index is 1560. The summed E-state index contributed by atoms with van der Waals surface area (Å²) in [6.45, 7) is 6.82. The Hall–Kier alpha value is -4.68. The molecule has 0 aromatic carbocycles. The van der Waals surface area contributed by atoms with Crippen LogP contribution in [0.5, 0.6) is 0 Å². The van der Waals surface area contributed by atoms with Gasteiger partial charge in [-0.25, -0.2) is 4.79 Å². The number of amides is 8. The first-order chi connectivity index (χ1) is 28.1. The third kappa shape index (κ3) is 17.1. The third-order valence-corrected chi connectivity index (χ3v) is 10.6. The number of nitrogens with one attached hydrogen (secondary N) is 6. The lowest BCUT2D eigenvalue weighted by Gasteiger charge is -2.32. The van der Waals surface area contributed by atoms with Crippen LogP contribution in [0.2, 0.25) is 0 Å². The third-order valence-electron chi connectivity index (χ3n) is 9.82. The van der Waals surface area contributed by atoms with Crippen LogP contribution in [-0.2, 0) is 47.9 Å². The second-order valence-corrected chi connectivity index (χ2v) is 15.6. The van der Waals surface area contributed by atoms with Crippen LogP contribution >= 0.6 is 25.3 Å². The van der Waals surface area contributed by atoms with Crippen molar-refractivity contribution < 1.29 is 58.2 Å². The van der Waals surface area contributed by atoms with Gasteiger partial charge in [0.05, 0.1) is 18.9 Å². The number of carboxylic acids is 2. The second-order valence-electron chi connectivity index (χ2n) is 14.9. The predicted molar refractivity (Wildman–Crippen MR) is 223 cm³/mol. The highest BCUT2D eigenvalue weighted by atomic mass is 32.1. The van der Waals surface area contributed by atoms with Crippen LogP contribution in [0.15, 0.2) is 0 Å². The molecule has 340 valence electrons. The van der Waals surface area contributed by atoms with Crippen molar-refractivity contribution in [2.45, 2.75) is 127 Å². The van der Waals surface area contributed by atoms with E-state index in [9.17, 15) is 58.2 Å². The smallest absolute Gasteiger partial charge is 0.327 e. The molecule has 9 atom stereocenters. The van der Waals surface area contributed by atoms with E-state index in [1.54, 1.807) is 27.7 Å². The lowest BCUT2D eigenvalue weighted by molar-refractivity contribution is -0.146. The molecule has 8 amide bonds. The largest absolute Gasteiger partial charge is 0.481 e. The Balaban J connectivity index is 3.32. The predicted octanol–water partition coefficient (Wildman–Crippen LogP) is -3.66. The van der Waals surface area contributed by atoms with Gasteiger partial charge >= 0.3 is 11.9 Å². The summed E-state index contributed by atoms with van der Waals surface area (Å²) in [6, 6.07) is -10.8. The van der Waals surface area contributed by atoms with E-state index < -0.39 is 132 Å². The molecule has 0 unspecified atom stereocenters. The van der Waals surface area contributed by atoms with Crippen molar-refractivity contribution in [3.05, 3.63) is 0 Å². The highest BCUT2D eigenvalue weighted by Crippen LogP contribution is 2.21. The fraction of sp³-hybridized carbons (Fsp3) is 0.722. The molecule has 1 aliphatic heterocycles. The lowest BCUT2D eigenvalue weighted by Crippen LogP contribution is -2.61. The van der Waals surface area contributed by atoms with Crippen molar-refractivity contribution in [1.29, 1.82) is 0 Å². The molecule has 0 aliphatic carbocycles. The molecule has 24 heteroatoms. The van der Waals surface area contributed by atoms with Gasteiger partial charge in [0, 0.05) is 18.1 Å². The van der Waals surface area contributed by atoms with E-state index in [1.165, 1.54) is 0 Å². The van der Waals surface area contributed by atoms with Gasteiger partial charge in [-0.15, -0.1) is 0 Å².